The molecule has 0 aromatic carbocycles. The van der Waals surface area contributed by atoms with Crippen molar-refractivity contribution in [1.29, 1.82) is 0 Å². The number of piperidine rings is 1. The summed E-state index contributed by atoms with van der Waals surface area (Å²) in [4.78, 5) is 22.9. The molecule has 0 unspecified atom stereocenters. The van der Waals surface area contributed by atoms with Gasteiger partial charge in [0.1, 0.15) is 0 Å². The zero-order valence-corrected chi connectivity index (χ0v) is 16.8. The van der Waals surface area contributed by atoms with E-state index in [0.717, 1.165) is 50.3 Å². The van der Waals surface area contributed by atoms with E-state index in [-0.39, 0.29) is 18.0 Å². The van der Waals surface area contributed by atoms with E-state index in [4.69, 9.17) is 14.6 Å². The largest absolute Gasteiger partial charge is 0.483 e. The van der Waals surface area contributed by atoms with E-state index in [9.17, 15) is 4.79 Å². The summed E-state index contributed by atoms with van der Waals surface area (Å²) < 4.78 is 8.00. The summed E-state index contributed by atoms with van der Waals surface area (Å²) in [5, 5.41) is 11.4. The Labute approximate surface area is 161 Å². The number of amides is 1. The molecule has 1 fully saturated rings. The number of rotatable bonds is 3. The summed E-state index contributed by atoms with van der Waals surface area (Å²) in [6.45, 7) is 11.2. The molecule has 2 aliphatic rings. The van der Waals surface area contributed by atoms with Crippen LogP contribution >= 0.6 is 0 Å². The first-order valence-electron chi connectivity index (χ1n) is 9.50. The highest BCUT2D eigenvalue weighted by Gasteiger charge is 2.36. The Bertz CT molecular complexity index is 700. The number of nitrogens with zero attached hydrogens (tertiary/aromatic N) is 3. The quantitative estimate of drug-likeness (QED) is 0.647. The lowest BCUT2D eigenvalue weighted by Crippen LogP contribution is -2.48. The van der Waals surface area contributed by atoms with Gasteiger partial charge in [0.2, 0.25) is 5.91 Å². The number of carbonyl (C=O) groups excluding carboxylic acids is 1. The smallest absolute Gasteiger partial charge is 0.290 e. The van der Waals surface area contributed by atoms with Crippen molar-refractivity contribution in [1.82, 2.24) is 14.7 Å². The highest BCUT2D eigenvalue weighted by Crippen LogP contribution is 2.33. The highest BCUT2D eigenvalue weighted by atomic mass is 16.5. The number of carbonyl (C=O) groups is 2. The SMILES string of the molecule is CC1=CC2(CCN(C(=O)CCn3nc(C)c(C)c3C)CC2)OCC1.O=CO. The Kier molecular flexibility index (Phi) is 7.18. The second-order valence-electron chi connectivity index (χ2n) is 7.41. The van der Waals surface area contributed by atoms with Crippen LogP contribution < -0.4 is 0 Å². The fraction of sp³-hybridized carbons (Fsp3) is 0.650. The first-order chi connectivity index (χ1) is 12.8. The van der Waals surface area contributed by atoms with Crippen LogP contribution in [0, 0.1) is 20.8 Å². The van der Waals surface area contributed by atoms with Gasteiger partial charge in [-0.05, 0) is 52.5 Å². The van der Waals surface area contributed by atoms with Crippen LogP contribution in [0.25, 0.3) is 0 Å². The van der Waals surface area contributed by atoms with Crippen molar-refractivity contribution >= 4 is 12.4 Å². The summed E-state index contributed by atoms with van der Waals surface area (Å²) in [6.07, 6.45) is 5.66. The van der Waals surface area contributed by atoms with Gasteiger partial charge in [0.25, 0.3) is 6.47 Å². The molecule has 3 rings (SSSR count). The normalized spacial score (nSPS) is 18.5. The van der Waals surface area contributed by atoms with Crippen LogP contribution in [0.5, 0.6) is 0 Å². The molecule has 0 bridgehead atoms. The third-order valence-corrected chi connectivity index (χ3v) is 5.64. The fourth-order valence-corrected chi connectivity index (χ4v) is 3.77. The maximum Gasteiger partial charge on any atom is 0.290 e. The second kappa shape index (κ2) is 9.17. The number of ether oxygens (including phenoxy) is 1. The summed E-state index contributed by atoms with van der Waals surface area (Å²) in [5.41, 5.74) is 4.73. The Morgan fingerprint density at radius 1 is 1.30 bits per heavy atom. The van der Waals surface area contributed by atoms with Crippen LogP contribution in [0.1, 0.15) is 49.6 Å². The molecule has 7 heteroatoms. The van der Waals surface area contributed by atoms with Crippen molar-refractivity contribution in [3.05, 3.63) is 28.6 Å². The summed E-state index contributed by atoms with van der Waals surface area (Å²) in [6, 6.07) is 0. The van der Waals surface area contributed by atoms with Gasteiger partial charge in [0.15, 0.2) is 0 Å². The van der Waals surface area contributed by atoms with Crippen molar-refractivity contribution in [3.63, 3.8) is 0 Å². The van der Waals surface area contributed by atoms with Crippen LogP contribution in [-0.4, -0.2) is 57.5 Å². The van der Waals surface area contributed by atoms with Crippen molar-refractivity contribution in [2.24, 2.45) is 0 Å². The lowest BCUT2D eigenvalue weighted by Gasteiger charge is -2.42. The van der Waals surface area contributed by atoms with Crippen LogP contribution in [0.4, 0.5) is 0 Å². The summed E-state index contributed by atoms with van der Waals surface area (Å²) in [7, 11) is 0. The maximum atomic E-state index is 12.5. The fourth-order valence-electron chi connectivity index (χ4n) is 3.77. The van der Waals surface area contributed by atoms with Gasteiger partial charge < -0.3 is 14.7 Å². The third kappa shape index (κ3) is 5.19. The summed E-state index contributed by atoms with van der Waals surface area (Å²) >= 11 is 0. The number of aromatic nitrogens is 2. The maximum absolute atomic E-state index is 12.5. The monoisotopic (exact) mass is 377 g/mol. The molecule has 0 aliphatic carbocycles. The Morgan fingerprint density at radius 2 is 1.93 bits per heavy atom. The lowest BCUT2D eigenvalue weighted by atomic mass is 9.87. The first-order valence-corrected chi connectivity index (χ1v) is 9.50. The second-order valence-corrected chi connectivity index (χ2v) is 7.41. The van der Waals surface area contributed by atoms with Crippen molar-refractivity contribution in [2.45, 2.75) is 65.5 Å². The lowest BCUT2D eigenvalue weighted by molar-refractivity contribution is -0.136. The van der Waals surface area contributed by atoms with Gasteiger partial charge in [-0.15, -0.1) is 0 Å². The highest BCUT2D eigenvalue weighted by molar-refractivity contribution is 5.76. The molecule has 1 aromatic rings. The Morgan fingerprint density at radius 3 is 2.44 bits per heavy atom. The number of aryl methyl sites for hydroxylation is 2. The average molecular weight is 377 g/mol. The molecule has 0 saturated carbocycles. The number of hydrogen-bond acceptors (Lipinski definition) is 4. The van der Waals surface area contributed by atoms with E-state index in [0.29, 0.717) is 13.0 Å². The van der Waals surface area contributed by atoms with Gasteiger partial charge in [-0.2, -0.15) is 5.10 Å². The number of hydrogen-bond donors (Lipinski definition) is 1. The van der Waals surface area contributed by atoms with Crippen LogP contribution in [0.2, 0.25) is 0 Å². The standard InChI is InChI=1S/C19H29N3O2.CH2O2/c1-14-6-12-24-19(13-14)7-10-21(11-8-19)18(23)5-9-22-17(4)15(2)16(3)20-22;2-1-3/h13H,5-12H2,1-4H3;1H,(H,2,3). The molecule has 3 heterocycles. The molecule has 1 N–H and O–H groups in total. The molecule has 1 spiro atoms. The Balaban J connectivity index is 0.000000817. The van der Waals surface area contributed by atoms with Crippen molar-refractivity contribution in [3.8, 4) is 0 Å². The Hall–Kier alpha value is -2.15. The third-order valence-electron chi connectivity index (χ3n) is 5.64. The summed E-state index contributed by atoms with van der Waals surface area (Å²) in [5.74, 6) is 0.228. The van der Waals surface area contributed by atoms with Gasteiger partial charge in [-0.3, -0.25) is 14.3 Å². The molecule has 1 aromatic heterocycles. The number of likely N-dealkylation sites (tertiary alicyclic amines) is 1. The topological polar surface area (TPSA) is 84.7 Å². The van der Waals surface area contributed by atoms with E-state index in [1.54, 1.807) is 0 Å². The van der Waals surface area contributed by atoms with Gasteiger partial charge in [0, 0.05) is 31.7 Å². The van der Waals surface area contributed by atoms with Crippen LogP contribution in [0.15, 0.2) is 11.6 Å². The van der Waals surface area contributed by atoms with Gasteiger partial charge in [-0.25, -0.2) is 0 Å². The molecule has 1 amide bonds. The van der Waals surface area contributed by atoms with Crippen molar-refractivity contribution in [2.75, 3.05) is 19.7 Å². The van der Waals surface area contributed by atoms with Crippen molar-refractivity contribution < 1.29 is 19.4 Å². The van der Waals surface area contributed by atoms with E-state index >= 15 is 0 Å². The van der Waals surface area contributed by atoms with E-state index in [1.807, 2.05) is 16.5 Å². The zero-order chi connectivity index (χ0) is 20.0. The van der Waals surface area contributed by atoms with Crippen LogP contribution in [0.3, 0.4) is 0 Å². The molecule has 0 radical (unpaired) electrons. The molecule has 2 aliphatic heterocycles. The molecule has 150 valence electrons. The predicted molar refractivity (Wildman–Crippen MR) is 103 cm³/mol. The molecule has 1 saturated heterocycles. The van der Waals surface area contributed by atoms with Gasteiger partial charge in [-0.1, -0.05) is 11.6 Å². The molecular weight excluding hydrogens is 346 g/mol. The molecule has 0 atom stereocenters. The minimum Gasteiger partial charge on any atom is -0.483 e. The average Bonchev–Trinajstić information content (AvgIpc) is 2.88. The predicted octanol–water partition coefficient (Wildman–Crippen LogP) is 2.63. The molecule has 27 heavy (non-hydrogen) atoms. The van der Waals surface area contributed by atoms with Gasteiger partial charge in [0.05, 0.1) is 17.9 Å². The van der Waals surface area contributed by atoms with E-state index in [1.165, 1.54) is 11.1 Å². The van der Waals surface area contributed by atoms with E-state index in [2.05, 4.69) is 31.9 Å². The zero-order valence-electron chi connectivity index (χ0n) is 16.8. The molecular formula is C20H31N3O4. The number of carboxylic acid groups (broad SMARTS) is 1. The minimum atomic E-state index is -0.250. The minimum absolute atomic E-state index is 0.119. The van der Waals surface area contributed by atoms with Gasteiger partial charge >= 0.3 is 0 Å². The first kappa shape index (κ1) is 21.2. The van der Waals surface area contributed by atoms with Crippen LogP contribution in [-0.2, 0) is 20.9 Å². The molecule has 7 nitrogen and oxygen atoms in total. The van der Waals surface area contributed by atoms with E-state index < -0.39 is 0 Å².